The maximum Gasteiger partial charge on any atom is 0.167 e. The van der Waals surface area contributed by atoms with Gasteiger partial charge in [-0.05, 0) is 55.8 Å². The number of hydrogen-bond acceptors (Lipinski definition) is 4. The molecular weight excluding hydrogens is 400 g/mol. The standard InChI is InChI=1S/C28H43O4/c1-8-20(18(5)10-9-17(4)16(2)3)26(6)13-12-21-22(24(26)31)23(30)25-28(32-25)15-19(29)11-14-27(21,28)7/h9-10,16-20,23,25,29-30H,1,8,11-15H2,2-7H3/b10-9+/t17-,18+,19-,20+,23+,25-,26+,27+,28-/m0/s1. The molecule has 1 saturated heterocycles. The zero-order valence-electron chi connectivity index (χ0n) is 20.9. The van der Waals surface area contributed by atoms with Crippen LogP contribution in [0.4, 0.5) is 0 Å². The summed E-state index contributed by atoms with van der Waals surface area (Å²) in [5.74, 6) is 1.55. The number of rotatable bonds is 6. The van der Waals surface area contributed by atoms with Gasteiger partial charge in [0, 0.05) is 22.8 Å². The van der Waals surface area contributed by atoms with Gasteiger partial charge in [-0.1, -0.05) is 66.2 Å². The third-order valence-electron chi connectivity index (χ3n) is 9.96. The molecule has 1 heterocycles. The molecule has 0 aromatic rings. The molecular formula is C28H43O4. The van der Waals surface area contributed by atoms with Gasteiger partial charge in [-0.25, -0.2) is 0 Å². The zero-order valence-corrected chi connectivity index (χ0v) is 20.9. The Morgan fingerprint density at radius 3 is 2.41 bits per heavy atom. The van der Waals surface area contributed by atoms with Gasteiger partial charge in [-0.15, -0.1) is 0 Å². The molecule has 0 amide bonds. The van der Waals surface area contributed by atoms with Crippen LogP contribution >= 0.6 is 0 Å². The number of hydrogen-bond donors (Lipinski definition) is 2. The summed E-state index contributed by atoms with van der Waals surface area (Å²) in [6, 6.07) is 0. The van der Waals surface area contributed by atoms with E-state index in [1.165, 1.54) is 0 Å². The van der Waals surface area contributed by atoms with Gasteiger partial charge < -0.3 is 14.9 Å². The van der Waals surface area contributed by atoms with Crippen LogP contribution < -0.4 is 0 Å². The largest absolute Gasteiger partial charge is 0.393 e. The van der Waals surface area contributed by atoms with Gasteiger partial charge in [0.2, 0.25) is 0 Å². The van der Waals surface area contributed by atoms with Gasteiger partial charge in [0.15, 0.2) is 5.78 Å². The van der Waals surface area contributed by atoms with E-state index in [9.17, 15) is 15.0 Å². The molecule has 0 aromatic carbocycles. The predicted octanol–water partition coefficient (Wildman–Crippen LogP) is 5.04. The molecule has 32 heavy (non-hydrogen) atoms. The minimum Gasteiger partial charge on any atom is -0.393 e. The lowest BCUT2D eigenvalue weighted by atomic mass is 9.50. The van der Waals surface area contributed by atoms with E-state index in [0.717, 1.165) is 31.3 Å². The van der Waals surface area contributed by atoms with Crippen LogP contribution in [0.5, 0.6) is 0 Å². The molecule has 1 saturated carbocycles. The van der Waals surface area contributed by atoms with E-state index < -0.39 is 17.1 Å². The smallest absolute Gasteiger partial charge is 0.167 e. The van der Waals surface area contributed by atoms with Gasteiger partial charge in [-0.3, -0.25) is 4.79 Å². The molecule has 2 N–H and O–H groups in total. The van der Waals surface area contributed by atoms with Crippen LogP contribution in [0.1, 0.15) is 80.1 Å². The molecule has 4 rings (SSSR count). The lowest BCUT2D eigenvalue weighted by molar-refractivity contribution is -0.131. The van der Waals surface area contributed by atoms with E-state index in [2.05, 4.69) is 60.6 Å². The highest BCUT2D eigenvalue weighted by Gasteiger charge is 2.75. The zero-order chi connectivity index (χ0) is 23.6. The first-order chi connectivity index (χ1) is 14.9. The molecule has 4 nitrogen and oxygen atoms in total. The number of fused-ring (bicyclic) bond motifs is 1. The van der Waals surface area contributed by atoms with Crippen molar-refractivity contribution in [1.29, 1.82) is 0 Å². The lowest BCUT2D eigenvalue weighted by Gasteiger charge is -2.52. The molecule has 4 aliphatic rings. The first-order valence-corrected chi connectivity index (χ1v) is 12.7. The quantitative estimate of drug-likeness (QED) is 0.446. The van der Waals surface area contributed by atoms with Crippen molar-refractivity contribution in [3.63, 3.8) is 0 Å². The van der Waals surface area contributed by atoms with E-state index >= 15 is 0 Å². The second kappa shape index (κ2) is 8.06. The molecule has 3 aliphatic carbocycles. The van der Waals surface area contributed by atoms with Crippen LogP contribution in [-0.2, 0) is 9.53 Å². The third kappa shape index (κ3) is 3.31. The molecule has 2 fully saturated rings. The first kappa shape index (κ1) is 24.2. The molecule has 1 aliphatic heterocycles. The van der Waals surface area contributed by atoms with Crippen molar-refractivity contribution in [1.82, 2.24) is 0 Å². The summed E-state index contributed by atoms with van der Waals surface area (Å²) in [6.45, 7) is 17.4. The average Bonchev–Trinajstić information content (AvgIpc) is 3.46. The van der Waals surface area contributed by atoms with E-state index in [1.807, 2.05) is 0 Å². The Balaban J connectivity index is 1.66. The highest BCUT2D eigenvalue weighted by molar-refractivity contribution is 6.03. The Morgan fingerprint density at radius 1 is 1.12 bits per heavy atom. The van der Waals surface area contributed by atoms with E-state index in [1.54, 1.807) is 0 Å². The second-order valence-electron chi connectivity index (χ2n) is 12.0. The van der Waals surface area contributed by atoms with Crippen molar-refractivity contribution in [3.05, 3.63) is 30.2 Å². The van der Waals surface area contributed by atoms with Gasteiger partial charge in [0.05, 0.1) is 6.10 Å². The monoisotopic (exact) mass is 443 g/mol. The van der Waals surface area contributed by atoms with Crippen LogP contribution in [0.25, 0.3) is 0 Å². The maximum atomic E-state index is 14.1. The van der Waals surface area contributed by atoms with Crippen LogP contribution in [-0.4, -0.2) is 39.9 Å². The summed E-state index contributed by atoms with van der Waals surface area (Å²) in [5.41, 5.74) is 0.437. The predicted molar refractivity (Wildman–Crippen MR) is 127 cm³/mol. The fraction of sp³-hybridized carbons (Fsp3) is 0.786. The Hall–Kier alpha value is -0.970. The van der Waals surface area contributed by atoms with E-state index in [4.69, 9.17) is 4.74 Å². The topological polar surface area (TPSA) is 70.1 Å². The highest BCUT2D eigenvalue weighted by Crippen LogP contribution is 2.69. The molecule has 9 atom stereocenters. The fourth-order valence-corrected chi connectivity index (χ4v) is 7.21. The Labute approximate surface area is 194 Å². The number of aliphatic hydroxyl groups is 2. The molecule has 0 bridgehead atoms. The summed E-state index contributed by atoms with van der Waals surface area (Å²) in [5, 5.41) is 21.6. The molecule has 4 heteroatoms. The van der Waals surface area contributed by atoms with Gasteiger partial charge in [0.1, 0.15) is 17.8 Å². The maximum absolute atomic E-state index is 14.1. The summed E-state index contributed by atoms with van der Waals surface area (Å²) < 4.78 is 6.16. The number of allylic oxidation sites excluding steroid dienone is 2. The number of carbonyl (C=O) groups excluding carboxylic acids is 1. The minimum atomic E-state index is -0.882. The number of ether oxygens (including phenoxy) is 1. The average molecular weight is 444 g/mol. The SMILES string of the molecule is [CH2]C[C@H]([C@H](C)/C=C/[C@H](C)C(C)C)[C@@]1(C)CCC2=C(C1=O)[C@@H](O)[C@@H]1O[C@@]13C[C@@H](O)CC[C@]23C. The van der Waals surface area contributed by atoms with Crippen LogP contribution in [0.3, 0.4) is 0 Å². The number of aliphatic hydroxyl groups excluding tert-OH is 2. The molecule has 179 valence electrons. The number of ketones is 1. The van der Waals surface area contributed by atoms with Gasteiger partial charge in [-0.2, -0.15) is 0 Å². The molecule has 1 radical (unpaired) electrons. The Kier molecular flexibility index (Phi) is 6.09. The van der Waals surface area contributed by atoms with Crippen molar-refractivity contribution in [2.45, 2.75) is 104 Å². The highest BCUT2D eigenvalue weighted by atomic mass is 16.6. The van der Waals surface area contributed by atoms with Gasteiger partial charge in [0.25, 0.3) is 0 Å². The summed E-state index contributed by atoms with van der Waals surface area (Å²) in [6.07, 6.45) is 7.32. The molecule has 1 spiro atoms. The molecule has 0 unspecified atom stereocenters. The second-order valence-corrected chi connectivity index (χ2v) is 12.0. The third-order valence-corrected chi connectivity index (χ3v) is 9.96. The Bertz CT molecular complexity index is 827. The van der Waals surface area contributed by atoms with Crippen molar-refractivity contribution in [2.24, 2.45) is 34.5 Å². The number of carbonyl (C=O) groups is 1. The normalized spacial score (nSPS) is 44.2. The first-order valence-electron chi connectivity index (χ1n) is 12.7. The fourth-order valence-electron chi connectivity index (χ4n) is 7.21. The van der Waals surface area contributed by atoms with Crippen LogP contribution in [0, 0.1) is 41.4 Å². The van der Waals surface area contributed by atoms with Crippen LogP contribution in [0.2, 0.25) is 0 Å². The number of epoxide rings is 1. The number of Topliss-reactive ketones (excluding diaryl/α,β-unsaturated/α-hetero) is 1. The summed E-state index contributed by atoms with van der Waals surface area (Å²) >= 11 is 0. The van der Waals surface area contributed by atoms with E-state index in [0.29, 0.717) is 30.3 Å². The van der Waals surface area contributed by atoms with Crippen molar-refractivity contribution < 1.29 is 19.7 Å². The lowest BCUT2D eigenvalue weighted by Crippen LogP contribution is -2.56. The van der Waals surface area contributed by atoms with Crippen molar-refractivity contribution >= 4 is 5.78 Å². The van der Waals surface area contributed by atoms with Gasteiger partial charge >= 0.3 is 0 Å². The van der Waals surface area contributed by atoms with Crippen LogP contribution in [0.15, 0.2) is 23.3 Å². The summed E-state index contributed by atoms with van der Waals surface area (Å²) in [7, 11) is 0. The molecule has 0 aromatic heterocycles. The Morgan fingerprint density at radius 2 is 1.78 bits per heavy atom. The van der Waals surface area contributed by atoms with E-state index in [-0.39, 0.29) is 35.2 Å². The van der Waals surface area contributed by atoms with Crippen molar-refractivity contribution in [3.8, 4) is 0 Å². The minimum absolute atomic E-state index is 0.105. The summed E-state index contributed by atoms with van der Waals surface area (Å²) in [4.78, 5) is 14.1. The van der Waals surface area contributed by atoms with Crippen molar-refractivity contribution in [2.75, 3.05) is 0 Å².